The molecule has 5 heteroatoms. The van der Waals surface area contributed by atoms with Crippen molar-refractivity contribution >= 4 is 8.80 Å². The first kappa shape index (κ1) is 16.5. The van der Waals surface area contributed by atoms with E-state index in [9.17, 15) is 0 Å². The molecule has 0 aromatic heterocycles. The van der Waals surface area contributed by atoms with Crippen LogP contribution in [0.4, 0.5) is 0 Å². The maximum atomic E-state index is 5.67. The molecule has 0 heterocycles. The first-order chi connectivity index (χ1) is 6.24. The summed E-state index contributed by atoms with van der Waals surface area (Å²) in [6.07, 6.45) is 3.52. The normalized spacial score (nSPS) is 11.1. The molecule has 0 saturated carbocycles. The van der Waals surface area contributed by atoms with E-state index in [-0.39, 0.29) is 5.48 Å². The van der Waals surface area contributed by atoms with Gasteiger partial charge in [-0.15, -0.1) is 0 Å². The molecular weight excluding hydrogens is 200 g/mol. The van der Waals surface area contributed by atoms with E-state index in [4.69, 9.17) is 13.3 Å². The van der Waals surface area contributed by atoms with Gasteiger partial charge in [-0.1, -0.05) is 26.7 Å². The van der Waals surface area contributed by atoms with Crippen LogP contribution in [0.5, 0.6) is 0 Å². The Labute approximate surface area is 88.2 Å². The zero-order valence-corrected chi connectivity index (χ0v) is 10.8. The first-order valence-electron chi connectivity index (χ1n) is 4.99. The summed E-state index contributed by atoms with van der Waals surface area (Å²) in [5.41, 5.74) is 0. The molecule has 14 heavy (non-hydrogen) atoms. The van der Waals surface area contributed by atoms with Crippen molar-refractivity contribution in [1.82, 2.24) is 0 Å². The molecule has 0 atom stereocenters. The van der Waals surface area contributed by atoms with Gasteiger partial charge in [-0.2, -0.15) is 0 Å². The van der Waals surface area contributed by atoms with E-state index in [0.717, 1.165) is 19.1 Å². The molecule has 0 aliphatic heterocycles. The predicted octanol–water partition coefficient (Wildman–Crippen LogP) is 1.62. The van der Waals surface area contributed by atoms with Crippen molar-refractivity contribution in [3.05, 3.63) is 0 Å². The molecule has 0 aliphatic rings. The van der Waals surface area contributed by atoms with Gasteiger partial charge in [0.1, 0.15) is 0 Å². The van der Waals surface area contributed by atoms with Gasteiger partial charge in [-0.05, 0) is 6.42 Å². The monoisotopic (exact) mass is 224 g/mol. The van der Waals surface area contributed by atoms with Crippen LogP contribution in [0, 0.1) is 0 Å². The Morgan fingerprint density at radius 1 is 1.00 bits per heavy atom. The molecule has 0 aliphatic carbocycles. The predicted molar refractivity (Wildman–Crippen MR) is 59.3 cm³/mol. The Morgan fingerprint density at radius 2 is 1.57 bits per heavy atom. The summed E-state index contributed by atoms with van der Waals surface area (Å²) in [5.74, 6) is 0. The van der Waals surface area contributed by atoms with E-state index in [0.29, 0.717) is 0 Å². The van der Waals surface area contributed by atoms with Crippen LogP contribution in [0.25, 0.3) is 0 Å². The molecule has 0 radical (unpaired) electrons. The highest BCUT2D eigenvalue weighted by Gasteiger charge is 2.36. The number of unbranched alkanes of at least 4 members (excludes halogenated alkanes) is 2. The molecule has 0 aromatic carbocycles. The molecule has 0 amide bonds. The summed E-state index contributed by atoms with van der Waals surface area (Å²) in [4.78, 5) is 0. The topological polar surface area (TPSA) is 59.2 Å². The minimum absolute atomic E-state index is 0. The third-order valence-electron chi connectivity index (χ3n) is 2.12. The minimum atomic E-state index is -2.27. The molecule has 0 spiro atoms. The summed E-state index contributed by atoms with van der Waals surface area (Å²) < 4.78 is 16.3. The Balaban J connectivity index is 0. The highest BCUT2D eigenvalue weighted by Crippen LogP contribution is 2.13. The Hall–Kier alpha value is 0.0569. The maximum Gasteiger partial charge on any atom is 0.500 e. The summed E-state index contributed by atoms with van der Waals surface area (Å²) in [6, 6.07) is 0.839. The van der Waals surface area contributed by atoms with Crippen molar-refractivity contribution in [3.8, 4) is 0 Å². The molecule has 2 N–H and O–H groups in total. The fourth-order valence-electron chi connectivity index (χ4n) is 1.17. The first-order valence-corrected chi connectivity index (χ1v) is 6.92. The maximum absolute atomic E-state index is 5.67. The lowest BCUT2D eigenvalue weighted by molar-refractivity contribution is 0.0978. The second kappa shape index (κ2) is 9.61. The smallest absolute Gasteiger partial charge is 0.412 e. The minimum Gasteiger partial charge on any atom is -0.412 e. The van der Waals surface area contributed by atoms with Crippen molar-refractivity contribution in [3.63, 3.8) is 0 Å². The van der Waals surface area contributed by atoms with Crippen LogP contribution < -0.4 is 0 Å². The Bertz CT molecular complexity index is 109. The van der Waals surface area contributed by atoms with Crippen molar-refractivity contribution < 1.29 is 18.8 Å². The summed E-state index contributed by atoms with van der Waals surface area (Å²) in [5, 5.41) is 0. The highest BCUT2D eigenvalue weighted by molar-refractivity contribution is 6.60. The molecule has 0 aromatic rings. The van der Waals surface area contributed by atoms with Crippen LogP contribution in [0.2, 0.25) is 6.04 Å². The van der Waals surface area contributed by atoms with Gasteiger partial charge in [0.05, 0.1) is 0 Å². The molecule has 0 saturated heterocycles. The van der Waals surface area contributed by atoms with Crippen molar-refractivity contribution in [2.75, 3.05) is 20.8 Å². The van der Waals surface area contributed by atoms with Crippen LogP contribution in [0.15, 0.2) is 0 Å². The van der Waals surface area contributed by atoms with E-state index in [1.807, 2.05) is 6.92 Å². The number of rotatable bonds is 8. The van der Waals surface area contributed by atoms with Gasteiger partial charge < -0.3 is 18.8 Å². The Kier molecular flexibility index (Phi) is 11.3. The average molecular weight is 224 g/mol. The molecule has 0 bridgehead atoms. The van der Waals surface area contributed by atoms with Crippen molar-refractivity contribution in [2.45, 2.75) is 39.2 Å². The fraction of sp³-hybridized carbons (Fsp3) is 1.00. The Morgan fingerprint density at radius 3 is 1.93 bits per heavy atom. The molecule has 0 fully saturated rings. The standard InChI is InChI=1S/C9H22O3Si.H2O/c1-5-7-8-9-12-13(6-2,10-3)11-4;/h5-9H2,1-4H3;1H2. The quantitative estimate of drug-likeness (QED) is 0.465. The second-order valence-corrected chi connectivity index (χ2v) is 6.18. The van der Waals surface area contributed by atoms with Crippen molar-refractivity contribution in [2.24, 2.45) is 0 Å². The van der Waals surface area contributed by atoms with Gasteiger partial charge in [0.25, 0.3) is 0 Å². The van der Waals surface area contributed by atoms with Gasteiger partial charge >= 0.3 is 8.80 Å². The van der Waals surface area contributed by atoms with E-state index in [2.05, 4.69) is 6.92 Å². The van der Waals surface area contributed by atoms with Crippen LogP contribution in [-0.2, 0) is 13.3 Å². The molecular formula is C9H24O4Si. The zero-order chi connectivity index (χ0) is 10.2. The average Bonchev–Trinajstić information content (AvgIpc) is 2.20. The largest absolute Gasteiger partial charge is 0.500 e. The molecule has 0 unspecified atom stereocenters. The van der Waals surface area contributed by atoms with Crippen LogP contribution in [0.3, 0.4) is 0 Å². The third-order valence-corrected chi connectivity index (χ3v) is 4.88. The molecule has 0 rings (SSSR count). The van der Waals surface area contributed by atoms with Gasteiger partial charge in [0.15, 0.2) is 0 Å². The fourth-order valence-corrected chi connectivity index (χ4v) is 2.81. The van der Waals surface area contributed by atoms with E-state index >= 15 is 0 Å². The lowest BCUT2D eigenvalue weighted by atomic mass is 10.3. The number of hydrogen-bond acceptors (Lipinski definition) is 3. The SMILES string of the molecule is CCCCCO[Si](CC)(OC)OC.O. The van der Waals surface area contributed by atoms with Gasteiger partial charge in [0, 0.05) is 26.9 Å². The third kappa shape index (κ3) is 5.72. The molecule has 4 nitrogen and oxygen atoms in total. The van der Waals surface area contributed by atoms with Gasteiger partial charge in [-0.25, -0.2) is 0 Å². The second-order valence-electron chi connectivity index (χ2n) is 3.00. The van der Waals surface area contributed by atoms with Gasteiger partial charge in [-0.3, -0.25) is 0 Å². The highest BCUT2D eigenvalue weighted by atomic mass is 28.4. The lowest BCUT2D eigenvalue weighted by Gasteiger charge is -2.24. The number of hydrogen-bond donors (Lipinski definition) is 0. The van der Waals surface area contributed by atoms with Crippen LogP contribution in [0.1, 0.15) is 33.1 Å². The van der Waals surface area contributed by atoms with Gasteiger partial charge in [0.2, 0.25) is 0 Å². The lowest BCUT2D eigenvalue weighted by Crippen LogP contribution is -2.43. The van der Waals surface area contributed by atoms with E-state index < -0.39 is 8.80 Å². The van der Waals surface area contributed by atoms with Crippen molar-refractivity contribution in [1.29, 1.82) is 0 Å². The summed E-state index contributed by atoms with van der Waals surface area (Å²) >= 11 is 0. The van der Waals surface area contributed by atoms with Crippen LogP contribution in [-0.4, -0.2) is 35.1 Å². The summed E-state index contributed by atoms with van der Waals surface area (Å²) in [6.45, 7) is 4.98. The van der Waals surface area contributed by atoms with E-state index in [1.54, 1.807) is 14.2 Å². The van der Waals surface area contributed by atoms with Crippen LogP contribution >= 0.6 is 0 Å². The zero-order valence-electron chi connectivity index (χ0n) is 9.76. The summed E-state index contributed by atoms with van der Waals surface area (Å²) in [7, 11) is 1.06. The molecule has 88 valence electrons. The van der Waals surface area contributed by atoms with E-state index in [1.165, 1.54) is 12.8 Å².